The highest BCUT2D eigenvalue weighted by atomic mass is 31.2. The number of carbonyl (C=O) groups is 5. The first kappa shape index (κ1) is 36.1. The SMILES string of the molecule is CCOC(=O)C(C[C@@H](C=O)[C@H]1C=CC[C@H](C(=O)OCC)[C@@]12C(=O)N(C(=O)OC(C)(C)C)c1ccccc12)P(=O)(OCC)OCC. The maximum Gasteiger partial charge on any atom is 0.421 e. The molecule has 3 rings (SSSR count). The molecule has 1 aromatic carbocycles. The quantitative estimate of drug-likeness (QED) is 0.0892. The predicted octanol–water partition coefficient (Wildman–Crippen LogP) is 5.36. The first-order valence-corrected chi connectivity index (χ1v) is 16.9. The second-order valence-corrected chi connectivity index (χ2v) is 13.9. The van der Waals surface area contributed by atoms with Crippen molar-refractivity contribution in [3.05, 3.63) is 42.0 Å². The Hall–Kier alpha value is -3.34. The van der Waals surface area contributed by atoms with E-state index in [1.807, 2.05) is 0 Å². The van der Waals surface area contributed by atoms with E-state index in [1.54, 1.807) is 84.9 Å². The molecule has 12 nitrogen and oxygen atoms in total. The topological polar surface area (TPSA) is 152 Å². The molecular weight excluding hydrogens is 605 g/mol. The van der Waals surface area contributed by atoms with Crippen molar-refractivity contribution in [1.29, 1.82) is 0 Å². The average molecular weight is 650 g/mol. The Morgan fingerprint density at radius 2 is 1.64 bits per heavy atom. The first-order chi connectivity index (χ1) is 21.3. The molecule has 0 radical (unpaired) electrons. The third-order valence-electron chi connectivity index (χ3n) is 7.78. The van der Waals surface area contributed by atoms with Gasteiger partial charge >= 0.3 is 25.6 Å². The van der Waals surface area contributed by atoms with Gasteiger partial charge in [-0.3, -0.25) is 18.9 Å². The number of ether oxygens (including phenoxy) is 3. The number of nitrogens with zero attached hydrogens (tertiary/aromatic N) is 1. The van der Waals surface area contributed by atoms with E-state index in [-0.39, 0.29) is 38.5 Å². The number of anilines is 1. The number of hydrogen-bond acceptors (Lipinski definition) is 11. The number of benzene rings is 1. The van der Waals surface area contributed by atoms with Crippen LogP contribution in [0.15, 0.2) is 36.4 Å². The molecule has 1 aromatic rings. The Morgan fingerprint density at radius 3 is 2.20 bits per heavy atom. The van der Waals surface area contributed by atoms with Gasteiger partial charge in [0.25, 0.3) is 0 Å². The fourth-order valence-electron chi connectivity index (χ4n) is 6.23. The third-order valence-corrected chi connectivity index (χ3v) is 10.2. The maximum absolute atomic E-state index is 14.8. The number of esters is 2. The molecule has 0 saturated heterocycles. The lowest BCUT2D eigenvalue weighted by molar-refractivity contribution is -0.156. The molecular formula is C32H44NO11P. The Labute approximate surface area is 264 Å². The van der Waals surface area contributed by atoms with Gasteiger partial charge in [-0.2, -0.15) is 0 Å². The predicted molar refractivity (Wildman–Crippen MR) is 165 cm³/mol. The number of amides is 2. The summed E-state index contributed by atoms with van der Waals surface area (Å²) in [5, 5.41) is 0. The normalized spacial score (nSPS) is 22.5. The molecule has 0 N–H and O–H groups in total. The van der Waals surface area contributed by atoms with E-state index in [0.29, 0.717) is 11.8 Å². The number of aldehydes is 1. The Balaban J connectivity index is 2.28. The van der Waals surface area contributed by atoms with Crippen LogP contribution >= 0.6 is 7.60 Å². The van der Waals surface area contributed by atoms with Gasteiger partial charge in [-0.1, -0.05) is 30.4 Å². The first-order valence-electron chi connectivity index (χ1n) is 15.3. The van der Waals surface area contributed by atoms with Crippen molar-refractivity contribution in [2.24, 2.45) is 17.8 Å². The van der Waals surface area contributed by atoms with E-state index in [4.69, 9.17) is 23.3 Å². The van der Waals surface area contributed by atoms with Crippen molar-refractivity contribution >= 4 is 43.5 Å². The van der Waals surface area contributed by atoms with E-state index in [1.165, 1.54) is 0 Å². The Bertz CT molecular complexity index is 1340. The highest BCUT2D eigenvalue weighted by Gasteiger charge is 2.65. The number of fused-ring (bicyclic) bond motifs is 2. The van der Waals surface area contributed by atoms with E-state index in [0.717, 1.165) is 4.90 Å². The van der Waals surface area contributed by atoms with Crippen molar-refractivity contribution in [1.82, 2.24) is 0 Å². The van der Waals surface area contributed by atoms with Gasteiger partial charge in [0, 0.05) is 11.8 Å². The molecule has 1 unspecified atom stereocenters. The lowest BCUT2D eigenvalue weighted by atomic mass is 9.56. The third kappa shape index (κ3) is 7.08. The average Bonchev–Trinajstić information content (AvgIpc) is 3.22. The maximum atomic E-state index is 14.8. The minimum absolute atomic E-state index is 0.0271. The zero-order chi connectivity index (χ0) is 33.6. The van der Waals surface area contributed by atoms with Crippen molar-refractivity contribution < 1.29 is 51.8 Å². The summed E-state index contributed by atoms with van der Waals surface area (Å²) in [7, 11) is -4.17. The van der Waals surface area contributed by atoms with Gasteiger partial charge in [-0.05, 0) is 72.9 Å². The summed E-state index contributed by atoms with van der Waals surface area (Å²) < 4.78 is 41.3. The summed E-state index contributed by atoms with van der Waals surface area (Å²) in [6.45, 7) is 11.3. The van der Waals surface area contributed by atoms with Gasteiger partial charge in [-0.25, -0.2) is 9.69 Å². The summed E-state index contributed by atoms with van der Waals surface area (Å²) in [6, 6.07) is 6.51. The van der Waals surface area contributed by atoms with Crippen molar-refractivity contribution in [3.63, 3.8) is 0 Å². The van der Waals surface area contributed by atoms with Gasteiger partial charge in [0.15, 0.2) is 5.66 Å². The molecule has 2 amide bonds. The number of carbonyl (C=O) groups excluding carboxylic acids is 5. The highest BCUT2D eigenvalue weighted by molar-refractivity contribution is 7.55. The van der Waals surface area contributed by atoms with E-state index >= 15 is 0 Å². The minimum atomic E-state index is -4.17. The molecule has 45 heavy (non-hydrogen) atoms. The van der Waals surface area contributed by atoms with Crippen LogP contribution in [0, 0.1) is 17.8 Å². The molecule has 1 spiro atoms. The minimum Gasteiger partial charge on any atom is -0.466 e. The fourth-order valence-corrected chi connectivity index (χ4v) is 8.22. The van der Waals surface area contributed by atoms with Crippen LogP contribution in [0.1, 0.15) is 66.9 Å². The van der Waals surface area contributed by atoms with Crippen LogP contribution in [0.2, 0.25) is 0 Å². The summed E-state index contributed by atoms with van der Waals surface area (Å²) in [4.78, 5) is 69.2. The van der Waals surface area contributed by atoms with Crippen LogP contribution in [-0.2, 0) is 52.4 Å². The molecule has 1 aliphatic carbocycles. The lowest BCUT2D eigenvalue weighted by Gasteiger charge is -2.44. The molecule has 0 fully saturated rings. The summed E-state index contributed by atoms with van der Waals surface area (Å²) >= 11 is 0. The molecule has 0 aromatic heterocycles. The standard InChI is InChI=1S/C32H44NO11P/c1-8-40-27(35)24-17-14-16-22(21(20-34)19-26(28(36)41-9-2)45(39,42-10-3)43-11-4)32(24)23-15-12-13-18-25(23)33(29(32)37)30(38)44-31(5,6)7/h12-16,18,20-22,24,26H,8-11,17,19H2,1-7H3/t21-,22+,24+,26?,32+/m0/s1. The summed E-state index contributed by atoms with van der Waals surface area (Å²) in [5.74, 6) is -5.79. The van der Waals surface area contributed by atoms with E-state index < -0.39 is 72.4 Å². The largest absolute Gasteiger partial charge is 0.466 e. The fraction of sp³-hybridized carbons (Fsp3) is 0.594. The smallest absolute Gasteiger partial charge is 0.421 e. The molecule has 0 bridgehead atoms. The van der Waals surface area contributed by atoms with Crippen molar-refractivity contribution in [2.45, 2.75) is 78.0 Å². The van der Waals surface area contributed by atoms with Crippen molar-refractivity contribution in [2.75, 3.05) is 31.3 Å². The van der Waals surface area contributed by atoms with Gasteiger partial charge in [-0.15, -0.1) is 0 Å². The highest BCUT2D eigenvalue weighted by Crippen LogP contribution is 2.60. The summed E-state index contributed by atoms with van der Waals surface area (Å²) in [5.41, 5.74) is -3.76. The Morgan fingerprint density at radius 1 is 1.02 bits per heavy atom. The molecule has 5 atom stereocenters. The number of para-hydroxylation sites is 1. The van der Waals surface area contributed by atoms with Gasteiger partial charge in [0.2, 0.25) is 5.91 Å². The molecule has 13 heteroatoms. The van der Waals surface area contributed by atoms with Crippen LogP contribution < -0.4 is 4.90 Å². The van der Waals surface area contributed by atoms with Crippen molar-refractivity contribution in [3.8, 4) is 0 Å². The Kier molecular flexibility index (Phi) is 11.9. The molecule has 2 aliphatic rings. The van der Waals surface area contributed by atoms with Crippen LogP contribution in [0.5, 0.6) is 0 Å². The zero-order valence-electron chi connectivity index (χ0n) is 27.0. The van der Waals surface area contributed by atoms with Crippen LogP contribution in [0.25, 0.3) is 0 Å². The number of allylic oxidation sites excluding steroid dienone is 2. The van der Waals surface area contributed by atoms with Gasteiger partial charge in [0.05, 0.1) is 43.4 Å². The van der Waals surface area contributed by atoms with Gasteiger partial charge in [0.1, 0.15) is 11.9 Å². The second-order valence-electron chi connectivity index (χ2n) is 11.7. The number of hydrogen-bond donors (Lipinski definition) is 0. The number of imide groups is 1. The van der Waals surface area contributed by atoms with Crippen LogP contribution in [0.3, 0.4) is 0 Å². The molecule has 1 heterocycles. The lowest BCUT2D eigenvalue weighted by Crippen LogP contribution is -2.57. The molecule has 0 saturated carbocycles. The van der Waals surface area contributed by atoms with Crippen LogP contribution in [-0.4, -0.2) is 67.9 Å². The molecule has 248 valence electrons. The number of rotatable bonds is 13. The molecule has 1 aliphatic heterocycles. The zero-order valence-corrected chi connectivity index (χ0v) is 27.9. The monoisotopic (exact) mass is 649 g/mol. The van der Waals surface area contributed by atoms with E-state index in [9.17, 15) is 28.5 Å². The van der Waals surface area contributed by atoms with E-state index in [2.05, 4.69) is 0 Å². The van der Waals surface area contributed by atoms with Crippen LogP contribution in [0.4, 0.5) is 10.5 Å². The second kappa shape index (κ2) is 14.8. The summed E-state index contributed by atoms with van der Waals surface area (Å²) in [6.07, 6.45) is 2.59. The van der Waals surface area contributed by atoms with Gasteiger partial charge < -0.3 is 28.1 Å².